The van der Waals surface area contributed by atoms with Gasteiger partial charge in [0.05, 0.1) is 18.1 Å². The molecule has 1 aliphatic heterocycles. The molecule has 21 heavy (non-hydrogen) atoms. The van der Waals surface area contributed by atoms with Gasteiger partial charge in [-0.2, -0.15) is 0 Å². The number of hydrogen-bond acceptors (Lipinski definition) is 2. The summed E-state index contributed by atoms with van der Waals surface area (Å²) >= 11 is 0. The molecule has 0 bridgehead atoms. The van der Waals surface area contributed by atoms with Gasteiger partial charge in [-0.05, 0) is 36.3 Å². The normalized spacial score (nSPS) is 24.0. The minimum atomic E-state index is -1.88. The molecule has 1 atom stereocenters. The molecule has 110 valence electrons. The highest BCUT2D eigenvalue weighted by Gasteiger charge is 2.45. The number of furan rings is 1. The van der Waals surface area contributed by atoms with Crippen LogP contribution in [-0.4, -0.2) is 13.9 Å². The first-order chi connectivity index (χ1) is 10.0. The van der Waals surface area contributed by atoms with Gasteiger partial charge in [0.1, 0.15) is 0 Å². The van der Waals surface area contributed by atoms with Crippen LogP contribution in [0.1, 0.15) is 24.5 Å². The molecule has 0 aliphatic carbocycles. The Morgan fingerprint density at radius 2 is 1.86 bits per heavy atom. The van der Waals surface area contributed by atoms with Crippen molar-refractivity contribution in [1.82, 2.24) is 0 Å². The van der Waals surface area contributed by atoms with E-state index in [2.05, 4.69) is 56.4 Å². The van der Waals surface area contributed by atoms with Gasteiger partial charge in [0, 0.05) is 12.0 Å². The van der Waals surface area contributed by atoms with Crippen molar-refractivity contribution >= 4 is 13.5 Å². The minimum Gasteiger partial charge on any atom is -0.472 e. The summed E-state index contributed by atoms with van der Waals surface area (Å²) in [5.74, 6) is 0. The summed E-state index contributed by atoms with van der Waals surface area (Å²) in [6.45, 7) is 6.75. The summed E-state index contributed by atoms with van der Waals surface area (Å²) < 4.78 is 11.9. The first-order valence-corrected chi connectivity index (χ1v) is 10.5. The van der Waals surface area contributed by atoms with E-state index < -0.39 is 8.32 Å². The molecule has 2 nitrogen and oxygen atoms in total. The van der Waals surface area contributed by atoms with E-state index in [1.165, 1.54) is 16.3 Å². The van der Waals surface area contributed by atoms with Crippen molar-refractivity contribution < 1.29 is 8.84 Å². The average Bonchev–Trinajstić information content (AvgIpc) is 3.06. The molecule has 1 unspecified atom stereocenters. The molecule has 2 aromatic rings. The molecule has 0 saturated carbocycles. The molecule has 1 aliphatic rings. The summed E-state index contributed by atoms with van der Waals surface area (Å²) in [7, 11) is -1.88. The predicted octanol–water partition coefficient (Wildman–Crippen LogP) is 4.83. The monoisotopic (exact) mass is 298 g/mol. The average molecular weight is 298 g/mol. The molecule has 2 heterocycles. The highest BCUT2D eigenvalue weighted by atomic mass is 28.4. The van der Waals surface area contributed by atoms with Crippen LogP contribution in [-0.2, 0) is 10.8 Å². The number of hydrogen-bond donors (Lipinski definition) is 0. The Kier molecular flexibility index (Phi) is 3.63. The Bertz CT molecular complexity index is 629. The second kappa shape index (κ2) is 5.32. The lowest BCUT2D eigenvalue weighted by Crippen LogP contribution is -2.38. The Hall–Kier alpha value is -1.58. The molecule has 0 saturated heterocycles. The molecule has 1 aromatic carbocycles. The lowest BCUT2D eigenvalue weighted by molar-refractivity contribution is 0.120. The van der Waals surface area contributed by atoms with Crippen molar-refractivity contribution in [3.63, 3.8) is 0 Å². The fourth-order valence-electron chi connectivity index (χ4n) is 3.21. The number of benzene rings is 1. The Morgan fingerprint density at radius 1 is 1.10 bits per heavy atom. The predicted molar refractivity (Wildman–Crippen MR) is 88.4 cm³/mol. The SMILES string of the molecule is CCC1(Cc2ccccc2)C=C(c2ccoc2)[Si](C)(C)O1. The zero-order valence-corrected chi connectivity index (χ0v) is 13.9. The van der Waals surface area contributed by atoms with Gasteiger partial charge in [-0.25, -0.2) is 0 Å². The van der Waals surface area contributed by atoms with E-state index in [9.17, 15) is 0 Å². The lowest BCUT2D eigenvalue weighted by atomic mass is 9.91. The molecule has 3 rings (SSSR count). The molecule has 0 spiro atoms. The first kappa shape index (κ1) is 14.4. The zero-order chi connectivity index (χ0) is 14.9. The van der Waals surface area contributed by atoms with Crippen LogP contribution in [0.25, 0.3) is 5.20 Å². The molecular weight excluding hydrogens is 276 g/mol. The van der Waals surface area contributed by atoms with Gasteiger partial charge in [0.25, 0.3) is 0 Å². The minimum absolute atomic E-state index is 0.177. The fraction of sp³-hybridized carbons (Fsp3) is 0.333. The van der Waals surface area contributed by atoms with Crippen LogP contribution in [0.15, 0.2) is 59.4 Å². The van der Waals surface area contributed by atoms with Crippen LogP contribution in [0.5, 0.6) is 0 Å². The molecule has 0 fully saturated rings. The Labute approximate surface area is 127 Å². The summed E-state index contributed by atoms with van der Waals surface area (Å²) in [5.41, 5.74) is 2.33. The molecule has 1 aromatic heterocycles. The number of rotatable bonds is 4. The maximum Gasteiger partial charge on any atom is 0.219 e. The molecule has 3 heteroatoms. The summed E-state index contributed by atoms with van der Waals surface area (Å²) in [6, 6.07) is 12.6. The van der Waals surface area contributed by atoms with E-state index >= 15 is 0 Å². The van der Waals surface area contributed by atoms with Gasteiger partial charge in [-0.3, -0.25) is 0 Å². The van der Waals surface area contributed by atoms with Crippen molar-refractivity contribution in [2.75, 3.05) is 0 Å². The van der Waals surface area contributed by atoms with Gasteiger partial charge in [-0.15, -0.1) is 0 Å². The second-order valence-electron chi connectivity index (χ2n) is 6.26. The van der Waals surface area contributed by atoms with E-state index in [-0.39, 0.29) is 5.60 Å². The first-order valence-electron chi connectivity index (χ1n) is 7.55. The lowest BCUT2D eigenvalue weighted by Gasteiger charge is -2.31. The van der Waals surface area contributed by atoms with Crippen LogP contribution in [0.4, 0.5) is 0 Å². The van der Waals surface area contributed by atoms with E-state index in [4.69, 9.17) is 8.84 Å². The van der Waals surface area contributed by atoms with Crippen molar-refractivity contribution in [1.29, 1.82) is 0 Å². The van der Waals surface area contributed by atoms with Crippen molar-refractivity contribution in [3.8, 4) is 0 Å². The van der Waals surface area contributed by atoms with Gasteiger partial charge in [0.15, 0.2) is 0 Å². The molecule has 0 radical (unpaired) electrons. The Morgan fingerprint density at radius 3 is 2.48 bits per heavy atom. The van der Waals surface area contributed by atoms with Gasteiger partial charge in [-0.1, -0.05) is 43.3 Å². The van der Waals surface area contributed by atoms with Crippen LogP contribution in [0.2, 0.25) is 13.1 Å². The second-order valence-corrected chi connectivity index (χ2v) is 10.0. The van der Waals surface area contributed by atoms with Gasteiger partial charge < -0.3 is 8.84 Å². The Balaban J connectivity index is 1.96. The van der Waals surface area contributed by atoms with E-state index in [0.29, 0.717) is 0 Å². The third-order valence-corrected chi connectivity index (χ3v) is 6.94. The third-order valence-electron chi connectivity index (χ3n) is 4.29. The van der Waals surface area contributed by atoms with Crippen molar-refractivity contribution in [3.05, 3.63) is 66.1 Å². The van der Waals surface area contributed by atoms with Crippen molar-refractivity contribution in [2.45, 2.75) is 38.5 Å². The maximum absolute atomic E-state index is 6.63. The van der Waals surface area contributed by atoms with Gasteiger partial charge in [0.2, 0.25) is 8.32 Å². The highest BCUT2D eigenvalue weighted by Crippen LogP contribution is 2.42. The zero-order valence-electron chi connectivity index (χ0n) is 12.9. The van der Waals surface area contributed by atoms with Crippen molar-refractivity contribution in [2.24, 2.45) is 0 Å². The maximum atomic E-state index is 6.63. The molecule has 0 amide bonds. The van der Waals surface area contributed by atoms with Gasteiger partial charge >= 0.3 is 0 Å². The van der Waals surface area contributed by atoms with Crippen LogP contribution in [0.3, 0.4) is 0 Å². The smallest absolute Gasteiger partial charge is 0.219 e. The largest absolute Gasteiger partial charge is 0.472 e. The third kappa shape index (κ3) is 2.76. The van der Waals surface area contributed by atoms with Crippen LogP contribution in [0, 0.1) is 0 Å². The summed E-state index contributed by atoms with van der Waals surface area (Å²) in [6.07, 6.45) is 7.85. The van der Waals surface area contributed by atoms with E-state index in [1.807, 2.05) is 12.3 Å². The molecular formula is C18H22O2Si. The quantitative estimate of drug-likeness (QED) is 0.754. The van der Waals surface area contributed by atoms with Crippen LogP contribution < -0.4 is 0 Å². The van der Waals surface area contributed by atoms with E-state index in [1.54, 1.807) is 6.26 Å². The van der Waals surface area contributed by atoms with Crippen LogP contribution >= 0.6 is 0 Å². The standard InChI is InChI=1S/C18H22O2Si/c1-4-18(12-15-8-6-5-7-9-15)13-17(21(2,3)20-18)16-10-11-19-14-16/h5-11,13-14H,4,12H2,1-3H3. The summed E-state index contributed by atoms with van der Waals surface area (Å²) in [4.78, 5) is 0. The van der Waals surface area contributed by atoms with E-state index in [0.717, 1.165) is 12.8 Å². The summed E-state index contributed by atoms with van der Waals surface area (Å²) in [5, 5.41) is 1.36. The highest BCUT2D eigenvalue weighted by molar-refractivity contribution is 6.90. The topological polar surface area (TPSA) is 22.4 Å². The fourth-order valence-corrected chi connectivity index (χ4v) is 6.06. The molecule has 0 N–H and O–H groups in total.